The van der Waals surface area contributed by atoms with E-state index in [4.69, 9.17) is 5.11 Å². The van der Waals surface area contributed by atoms with E-state index in [0.29, 0.717) is 11.3 Å². The van der Waals surface area contributed by atoms with Gasteiger partial charge in [0.05, 0.1) is 16.9 Å². The SMILES string of the molecule is Cc1ccc(-n2nnnc2-c2cnc(NCC(=O)O)nc2-c2cc(F)cc(F)c2)cc1. The molecule has 0 saturated heterocycles. The molecule has 2 aromatic carbocycles. The van der Waals surface area contributed by atoms with Crippen molar-refractivity contribution in [1.29, 1.82) is 0 Å². The van der Waals surface area contributed by atoms with E-state index < -0.39 is 24.1 Å². The van der Waals surface area contributed by atoms with E-state index in [9.17, 15) is 13.6 Å². The van der Waals surface area contributed by atoms with Crippen molar-refractivity contribution in [3.05, 3.63) is 65.9 Å². The fraction of sp³-hybridized carbons (Fsp3) is 0.100. The van der Waals surface area contributed by atoms with Gasteiger partial charge < -0.3 is 10.4 Å². The van der Waals surface area contributed by atoms with Crippen molar-refractivity contribution in [2.24, 2.45) is 0 Å². The molecule has 0 spiro atoms. The van der Waals surface area contributed by atoms with Gasteiger partial charge in [-0.1, -0.05) is 17.7 Å². The fourth-order valence-corrected chi connectivity index (χ4v) is 2.91. The van der Waals surface area contributed by atoms with Gasteiger partial charge in [-0.2, -0.15) is 4.68 Å². The maximum absolute atomic E-state index is 13.9. The molecule has 4 rings (SSSR count). The number of carbonyl (C=O) groups is 1. The lowest BCUT2D eigenvalue weighted by Crippen LogP contribution is -2.14. The zero-order valence-corrected chi connectivity index (χ0v) is 16.1. The number of carboxylic acids is 1. The summed E-state index contributed by atoms with van der Waals surface area (Å²) in [5, 5.41) is 23.2. The van der Waals surface area contributed by atoms with E-state index in [1.807, 2.05) is 31.2 Å². The van der Waals surface area contributed by atoms with E-state index in [-0.39, 0.29) is 23.0 Å². The predicted octanol–water partition coefficient (Wildman–Crippen LogP) is 2.87. The molecule has 0 aliphatic carbocycles. The van der Waals surface area contributed by atoms with E-state index in [1.165, 1.54) is 10.9 Å². The van der Waals surface area contributed by atoms with Gasteiger partial charge in [0.1, 0.15) is 18.2 Å². The Morgan fingerprint density at radius 3 is 2.52 bits per heavy atom. The third-order valence-electron chi connectivity index (χ3n) is 4.31. The molecule has 0 atom stereocenters. The number of nitrogens with one attached hydrogen (secondary N) is 1. The molecule has 0 radical (unpaired) electrons. The Labute approximate surface area is 174 Å². The number of tetrazole rings is 1. The van der Waals surface area contributed by atoms with E-state index in [1.54, 1.807) is 0 Å². The maximum atomic E-state index is 13.9. The number of halogens is 2. The second kappa shape index (κ2) is 8.22. The molecule has 9 nitrogen and oxygen atoms in total. The van der Waals surface area contributed by atoms with Gasteiger partial charge >= 0.3 is 5.97 Å². The number of aryl methyl sites for hydroxylation is 1. The van der Waals surface area contributed by atoms with Crippen LogP contribution in [0.15, 0.2) is 48.7 Å². The maximum Gasteiger partial charge on any atom is 0.322 e. The summed E-state index contributed by atoms with van der Waals surface area (Å²) < 4.78 is 29.3. The average Bonchev–Trinajstić information content (AvgIpc) is 3.21. The molecule has 11 heteroatoms. The summed E-state index contributed by atoms with van der Waals surface area (Å²) in [6.45, 7) is 1.51. The summed E-state index contributed by atoms with van der Waals surface area (Å²) in [5.74, 6) is -2.49. The van der Waals surface area contributed by atoms with Crippen LogP contribution in [0.1, 0.15) is 5.56 Å². The van der Waals surface area contributed by atoms with Gasteiger partial charge in [-0.05, 0) is 41.6 Å². The van der Waals surface area contributed by atoms with Crippen molar-refractivity contribution in [2.75, 3.05) is 11.9 Å². The lowest BCUT2D eigenvalue weighted by Gasteiger charge is -2.11. The van der Waals surface area contributed by atoms with Crippen LogP contribution in [0.2, 0.25) is 0 Å². The summed E-state index contributed by atoms with van der Waals surface area (Å²) in [6.07, 6.45) is 1.37. The molecule has 156 valence electrons. The first kappa shape index (κ1) is 20.0. The fourth-order valence-electron chi connectivity index (χ4n) is 2.91. The molecular formula is C20H15F2N7O2. The van der Waals surface area contributed by atoms with Gasteiger partial charge in [0, 0.05) is 17.8 Å². The van der Waals surface area contributed by atoms with Crippen LogP contribution in [0.25, 0.3) is 28.3 Å². The number of benzene rings is 2. The van der Waals surface area contributed by atoms with Crippen LogP contribution in [0.5, 0.6) is 0 Å². The highest BCUT2D eigenvalue weighted by atomic mass is 19.1. The topological polar surface area (TPSA) is 119 Å². The minimum absolute atomic E-state index is 0.0276. The van der Waals surface area contributed by atoms with Crippen molar-refractivity contribution in [3.63, 3.8) is 0 Å². The van der Waals surface area contributed by atoms with Crippen molar-refractivity contribution in [1.82, 2.24) is 30.2 Å². The second-order valence-electron chi connectivity index (χ2n) is 6.61. The smallest absolute Gasteiger partial charge is 0.322 e. The molecule has 0 saturated carbocycles. The van der Waals surface area contributed by atoms with Gasteiger partial charge in [0.15, 0.2) is 5.82 Å². The minimum Gasteiger partial charge on any atom is -0.480 e. The molecule has 0 amide bonds. The predicted molar refractivity (Wildman–Crippen MR) is 106 cm³/mol. The van der Waals surface area contributed by atoms with Gasteiger partial charge in [-0.15, -0.1) is 5.10 Å². The van der Waals surface area contributed by atoms with Crippen molar-refractivity contribution >= 4 is 11.9 Å². The number of carboxylic acid groups (broad SMARTS) is 1. The highest BCUT2D eigenvalue weighted by Gasteiger charge is 2.20. The average molecular weight is 423 g/mol. The van der Waals surface area contributed by atoms with Crippen LogP contribution < -0.4 is 5.32 Å². The van der Waals surface area contributed by atoms with E-state index >= 15 is 0 Å². The highest BCUT2D eigenvalue weighted by molar-refractivity contribution is 5.79. The summed E-state index contributed by atoms with van der Waals surface area (Å²) in [4.78, 5) is 19.2. The van der Waals surface area contributed by atoms with Crippen LogP contribution in [-0.2, 0) is 4.79 Å². The number of aromatic nitrogens is 6. The Morgan fingerprint density at radius 2 is 1.84 bits per heavy atom. The lowest BCUT2D eigenvalue weighted by atomic mass is 10.1. The quantitative estimate of drug-likeness (QED) is 0.486. The van der Waals surface area contributed by atoms with Crippen LogP contribution in [0.3, 0.4) is 0 Å². The Kier molecular flexibility index (Phi) is 5.31. The Hall–Kier alpha value is -4.28. The van der Waals surface area contributed by atoms with Crippen molar-refractivity contribution in [3.8, 4) is 28.3 Å². The van der Waals surface area contributed by atoms with Gasteiger partial charge in [0.25, 0.3) is 0 Å². The Balaban J connectivity index is 1.87. The molecule has 2 heterocycles. The van der Waals surface area contributed by atoms with Crippen LogP contribution in [0, 0.1) is 18.6 Å². The number of rotatable bonds is 6. The van der Waals surface area contributed by atoms with Crippen LogP contribution in [0.4, 0.5) is 14.7 Å². The Bertz CT molecular complexity index is 1240. The van der Waals surface area contributed by atoms with Crippen molar-refractivity contribution in [2.45, 2.75) is 6.92 Å². The molecule has 0 unspecified atom stereocenters. The molecule has 2 aromatic heterocycles. The molecular weight excluding hydrogens is 408 g/mol. The van der Waals surface area contributed by atoms with E-state index in [0.717, 1.165) is 23.8 Å². The number of anilines is 1. The van der Waals surface area contributed by atoms with E-state index in [2.05, 4.69) is 30.8 Å². The molecule has 4 aromatic rings. The highest BCUT2D eigenvalue weighted by Crippen LogP contribution is 2.31. The second-order valence-corrected chi connectivity index (χ2v) is 6.61. The molecule has 0 fully saturated rings. The number of nitrogens with zero attached hydrogens (tertiary/aromatic N) is 6. The third-order valence-corrected chi connectivity index (χ3v) is 4.31. The lowest BCUT2D eigenvalue weighted by molar-refractivity contribution is -0.134. The summed E-state index contributed by atoms with van der Waals surface area (Å²) in [5.41, 5.74) is 2.26. The summed E-state index contributed by atoms with van der Waals surface area (Å²) in [7, 11) is 0. The monoisotopic (exact) mass is 423 g/mol. The first-order valence-electron chi connectivity index (χ1n) is 9.05. The minimum atomic E-state index is -1.12. The summed E-state index contributed by atoms with van der Waals surface area (Å²) in [6, 6.07) is 10.4. The standard InChI is InChI=1S/C20H15F2N7O2/c1-11-2-4-15(5-3-11)29-19(26-27-28-29)16-9-23-20(24-10-17(30)31)25-18(16)12-6-13(21)8-14(22)7-12/h2-9H,10H2,1H3,(H,30,31)(H,23,24,25). The largest absolute Gasteiger partial charge is 0.480 e. The molecule has 0 bridgehead atoms. The van der Waals surface area contributed by atoms with Gasteiger partial charge in [0.2, 0.25) is 5.95 Å². The number of aliphatic carboxylic acids is 1. The molecule has 0 aliphatic rings. The van der Waals surface area contributed by atoms with Gasteiger partial charge in [-0.3, -0.25) is 4.79 Å². The summed E-state index contributed by atoms with van der Waals surface area (Å²) >= 11 is 0. The third kappa shape index (κ3) is 4.34. The van der Waals surface area contributed by atoms with Crippen LogP contribution in [-0.4, -0.2) is 47.8 Å². The van der Waals surface area contributed by atoms with Crippen LogP contribution >= 0.6 is 0 Å². The van der Waals surface area contributed by atoms with Crippen molar-refractivity contribution < 1.29 is 18.7 Å². The molecule has 31 heavy (non-hydrogen) atoms. The van der Waals surface area contributed by atoms with Gasteiger partial charge in [-0.25, -0.2) is 18.7 Å². The first-order chi connectivity index (χ1) is 14.9. The zero-order valence-electron chi connectivity index (χ0n) is 16.1. The molecule has 0 aliphatic heterocycles. The first-order valence-corrected chi connectivity index (χ1v) is 9.05. The number of hydrogen-bond donors (Lipinski definition) is 2. The Morgan fingerprint density at radius 1 is 1.13 bits per heavy atom. The zero-order chi connectivity index (χ0) is 22.0. The molecule has 2 N–H and O–H groups in total. The number of hydrogen-bond acceptors (Lipinski definition) is 7. The normalized spacial score (nSPS) is 10.8.